The van der Waals surface area contributed by atoms with Gasteiger partial charge in [0.05, 0.1) is 0 Å². The molecule has 1 atom stereocenters. The Morgan fingerprint density at radius 2 is 1.79 bits per heavy atom. The van der Waals surface area contributed by atoms with Crippen molar-refractivity contribution in [3.8, 4) is 0 Å². The van der Waals surface area contributed by atoms with Crippen LogP contribution >= 0.6 is 23.2 Å². The molecular formula is C17H17Cl2N3O2. The van der Waals surface area contributed by atoms with Crippen molar-refractivity contribution in [3.05, 3.63) is 69.7 Å². The molecule has 0 aliphatic carbocycles. The van der Waals surface area contributed by atoms with Gasteiger partial charge in [-0.1, -0.05) is 59.6 Å². The van der Waals surface area contributed by atoms with Gasteiger partial charge in [0.25, 0.3) is 0 Å². The molecule has 0 unspecified atom stereocenters. The molecule has 0 fully saturated rings. The van der Waals surface area contributed by atoms with E-state index in [0.717, 1.165) is 11.1 Å². The van der Waals surface area contributed by atoms with Crippen molar-refractivity contribution in [2.75, 3.05) is 7.05 Å². The fourth-order valence-corrected chi connectivity index (χ4v) is 2.61. The summed E-state index contributed by atoms with van der Waals surface area (Å²) in [7, 11) is 1.45. The molecule has 2 rings (SSSR count). The summed E-state index contributed by atoms with van der Waals surface area (Å²) in [6, 6.07) is 13.0. The molecule has 0 bridgehead atoms. The minimum absolute atomic E-state index is 0.344. The van der Waals surface area contributed by atoms with Crippen LogP contribution in [0.15, 0.2) is 48.5 Å². The minimum atomic E-state index is -0.699. The maximum atomic E-state index is 12.4. The number of urea groups is 1. The van der Waals surface area contributed by atoms with Gasteiger partial charge < -0.3 is 5.32 Å². The second kappa shape index (κ2) is 8.68. The summed E-state index contributed by atoms with van der Waals surface area (Å²) in [5, 5.41) is 8.81. The summed E-state index contributed by atoms with van der Waals surface area (Å²) < 4.78 is 0. The van der Waals surface area contributed by atoms with E-state index in [2.05, 4.69) is 16.0 Å². The van der Waals surface area contributed by atoms with Crippen molar-refractivity contribution in [1.82, 2.24) is 16.0 Å². The molecule has 0 aliphatic rings. The molecule has 0 spiro atoms. The first-order valence-corrected chi connectivity index (χ1v) is 8.01. The van der Waals surface area contributed by atoms with Gasteiger partial charge in [0.15, 0.2) is 0 Å². The summed E-state index contributed by atoms with van der Waals surface area (Å²) in [5.74, 6) is -0.453. The highest BCUT2D eigenvalue weighted by atomic mass is 35.5. The van der Waals surface area contributed by atoms with Gasteiger partial charge >= 0.3 is 6.03 Å². The molecule has 5 nitrogen and oxygen atoms in total. The van der Waals surface area contributed by atoms with E-state index in [1.807, 2.05) is 30.3 Å². The maximum Gasteiger partial charge on any atom is 0.321 e. The summed E-state index contributed by atoms with van der Waals surface area (Å²) >= 11 is 12.0. The molecule has 0 radical (unpaired) electrons. The first-order valence-electron chi connectivity index (χ1n) is 7.26. The van der Waals surface area contributed by atoms with Crippen LogP contribution in [-0.2, 0) is 11.3 Å². The highest BCUT2D eigenvalue weighted by molar-refractivity contribution is 6.35. The SMILES string of the molecule is CNC(=O)NC(=O)[C@@H](NCc1ccc(Cl)cc1Cl)c1ccccc1. The Bertz CT molecular complexity index is 723. The Balaban J connectivity index is 2.16. The van der Waals surface area contributed by atoms with E-state index < -0.39 is 18.0 Å². The Kier molecular flexibility index (Phi) is 6.61. The largest absolute Gasteiger partial charge is 0.341 e. The van der Waals surface area contributed by atoms with Crippen LogP contribution in [0.4, 0.5) is 4.79 Å². The van der Waals surface area contributed by atoms with E-state index in [1.54, 1.807) is 18.2 Å². The average Bonchev–Trinajstić information content (AvgIpc) is 2.57. The van der Waals surface area contributed by atoms with Crippen molar-refractivity contribution in [1.29, 1.82) is 0 Å². The average molecular weight is 366 g/mol. The molecule has 2 aromatic carbocycles. The third-order valence-corrected chi connectivity index (χ3v) is 3.96. The summed E-state index contributed by atoms with van der Waals surface area (Å²) in [4.78, 5) is 23.8. The summed E-state index contributed by atoms with van der Waals surface area (Å²) in [6.07, 6.45) is 0. The Morgan fingerprint density at radius 1 is 1.08 bits per heavy atom. The highest BCUT2D eigenvalue weighted by Gasteiger charge is 2.21. The molecule has 7 heteroatoms. The number of carbonyl (C=O) groups is 2. The molecule has 0 saturated carbocycles. The zero-order chi connectivity index (χ0) is 17.5. The number of imide groups is 1. The predicted octanol–water partition coefficient (Wildman–Crippen LogP) is 3.28. The van der Waals surface area contributed by atoms with E-state index >= 15 is 0 Å². The van der Waals surface area contributed by atoms with Crippen molar-refractivity contribution in [3.63, 3.8) is 0 Å². The van der Waals surface area contributed by atoms with Gasteiger partial charge in [-0.25, -0.2) is 4.79 Å². The number of halogens is 2. The van der Waals surface area contributed by atoms with E-state index in [4.69, 9.17) is 23.2 Å². The number of nitrogens with one attached hydrogen (secondary N) is 3. The lowest BCUT2D eigenvalue weighted by Gasteiger charge is -2.19. The highest BCUT2D eigenvalue weighted by Crippen LogP contribution is 2.22. The Labute approximate surface area is 150 Å². The van der Waals surface area contributed by atoms with E-state index in [1.165, 1.54) is 7.05 Å². The van der Waals surface area contributed by atoms with Gasteiger partial charge in [0.2, 0.25) is 5.91 Å². The fraction of sp³-hybridized carbons (Fsp3) is 0.176. The van der Waals surface area contributed by atoms with Crippen LogP contribution in [0.1, 0.15) is 17.2 Å². The summed E-state index contributed by atoms with van der Waals surface area (Å²) in [5.41, 5.74) is 1.54. The number of hydrogen-bond acceptors (Lipinski definition) is 3. The number of carbonyl (C=O) groups excluding carboxylic acids is 2. The molecule has 3 N–H and O–H groups in total. The van der Waals surface area contributed by atoms with Crippen molar-refractivity contribution in [2.24, 2.45) is 0 Å². The minimum Gasteiger partial charge on any atom is -0.341 e. The number of amides is 3. The molecule has 0 aliphatic heterocycles. The smallest absolute Gasteiger partial charge is 0.321 e. The van der Waals surface area contributed by atoms with Crippen molar-refractivity contribution >= 4 is 35.1 Å². The Morgan fingerprint density at radius 3 is 2.42 bits per heavy atom. The van der Waals surface area contributed by atoms with Gasteiger partial charge in [-0.05, 0) is 23.3 Å². The van der Waals surface area contributed by atoms with Crippen LogP contribution in [0.5, 0.6) is 0 Å². The lowest BCUT2D eigenvalue weighted by atomic mass is 10.1. The van der Waals surface area contributed by atoms with Crippen LogP contribution in [0.2, 0.25) is 10.0 Å². The van der Waals surface area contributed by atoms with Gasteiger partial charge in [-0.3, -0.25) is 15.4 Å². The molecule has 0 heterocycles. The number of hydrogen-bond donors (Lipinski definition) is 3. The van der Waals surface area contributed by atoms with Crippen LogP contribution in [0, 0.1) is 0 Å². The van der Waals surface area contributed by atoms with E-state index in [-0.39, 0.29) is 0 Å². The molecule has 2 aromatic rings. The first-order chi connectivity index (χ1) is 11.5. The van der Waals surface area contributed by atoms with E-state index in [9.17, 15) is 9.59 Å². The van der Waals surface area contributed by atoms with Crippen LogP contribution in [-0.4, -0.2) is 19.0 Å². The zero-order valence-corrected chi connectivity index (χ0v) is 14.5. The first kappa shape index (κ1) is 18.3. The number of benzene rings is 2. The molecule has 3 amide bonds. The van der Waals surface area contributed by atoms with Crippen LogP contribution in [0.25, 0.3) is 0 Å². The lowest BCUT2D eigenvalue weighted by molar-refractivity contribution is -0.122. The van der Waals surface area contributed by atoms with Crippen LogP contribution < -0.4 is 16.0 Å². The van der Waals surface area contributed by atoms with Crippen LogP contribution in [0.3, 0.4) is 0 Å². The van der Waals surface area contributed by atoms with E-state index in [0.29, 0.717) is 16.6 Å². The zero-order valence-electron chi connectivity index (χ0n) is 13.0. The standard InChI is InChI=1S/C17H17Cl2N3O2/c1-20-17(24)22-16(23)15(11-5-3-2-4-6-11)21-10-12-7-8-13(18)9-14(12)19/h2-9,15,21H,10H2,1H3,(H2,20,22,23,24)/t15-/m0/s1. The number of rotatable bonds is 5. The normalized spacial score (nSPS) is 11.6. The predicted molar refractivity (Wildman–Crippen MR) is 95.1 cm³/mol. The van der Waals surface area contributed by atoms with Crippen molar-refractivity contribution < 1.29 is 9.59 Å². The monoisotopic (exact) mass is 365 g/mol. The van der Waals surface area contributed by atoms with Gasteiger partial charge in [-0.15, -0.1) is 0 Å². The molecular weight excluding hydrogens is 349 g/mol. The fourth-order valence-electron chi connectivity index (χ4n) is 2.13. The summed E-state index contributed by atoms with van der Waals surface area (Å²) in [6.45, 7) is 0.344. The van der Waals surface area contributed by atoms with Crippen molar-refractivity contribution in [2.45, 2.75) is 12.6 Å². The van der Waals surface area contributed by atoms with Gasteiger partial charge in [-0.2, -0.15) is 0 Å². The molecule has 24 heavy (non-hydrogen) atoms. The quantitative estimate of drug-likeness (QED) is 0.761. The molecule has 0 saturated heterocycles. The third-order valence-electron chi connectivity index (χ3n) is 3.37. The maximum absolute atomic E-state index is 12.4. The van der Waals surface area contributed by atoms with Gasteiger partial charge in [0, 0.05) is 23.6 Å². The Hall–Kier alpha value is -2.08. The second-order valence-corrected chi connectivity index (χ2v) is 5.87. The lowest BCUT2D eigenvalue weighted by Crippen LogP contribution is -2.44. The topological polar surface area (TPSA) is 70.2 Å². The third kappa shape index (κ3) is 4.96. The molecule has 126 valence electrons. The molecule has 0 aromatic heterocycles. The van der Waals surface area contributed by atoms with Gasteiger partial charge in [0.1, 0.15) is 6.04 Å². The second-order valence-electron chi connectivity index (χ2n) is 5.03.